The van der Waals surface area contributed by atoms with Crippen LogP contribution >= 0.6 is 11.8 Å². The molecule has 2 rings (SSSR count). The van der Waals surface area contributed by atoms with Gasteiger partial charge in [-0.25, -0.2) is 4.98 Å². The Morgan fingerprint density at radius 3 is 2.75 bits per heavy atom. The molecule has 20 heavy (non-hydrogen) atoms. The Kier molecular flexibility index (Phi) is 4.49. The maximum absolute atomic E-state index is 10.7. The Hall–Kier alpha value is -1.76. The van der Waals surface area contributed by atoms with E-state index in [1.807, 2.05) is 22.4 Å². The number of thioether (sulfide) groups is 1. The van der Waals surface area contributed by atoms with Gasteiger partial charge in [0, 0.05) is 24.1 Å². The van der Waals surface area contributed by atoms with E-state index in [4.69, 9.17) is 5.11 Å². The van der Waals surface area contributed by atoms with Crippen LogP contribution in [0.1, 0.15) is 32.5 Å². The van der Waals surface area contributed by atoms with Gasteiger partial charge in [0.1, 0.15) is 0 Å². The zero-order valence-electron chi connectivity index (χ0n) is 11.8. The maximum Gasteiger partial charge on any atom is 0.313 e. The molecule has 0 spiro atoms. The number of carbonyl (C=O) groups is 1. The van der Waals surface area contributed by atoms with Gasteiger partial charge in [0.2, 0.25) is 0 Å². The third kappa shape index (κ3) is 3.04. The molecule has 0 aromatic carbocycles. The van der Waals surface area contributed by atoms with E-state index in [1.165, 1.54) is 11.8 Å². The number of nitrogens with zero attached hydrogens (tertiary/aromatic N) is 4. The van der Waals surface area contributed by atoms with Crippen molar-refractivity contribution in [3.8, 4) is 5.69 Å². The fourth-order valence-electron chi connectivity index (χ4n) is 1.85. The predicted octanol–water partition coefficient (Wildman–Crippen LogP) is 2.39. The Morgan fingerprint density at radius 2 is 2.20 bits per heavy atom. The molecule has 0 saturated heterocycles. The smallest absolute Gasteiger partial charge is 0.313 e. The van der Waals surface area contributed by atoms with E-state index in [9.17, 15) is 4.79 Å². The average molecular weight is 294 g/mol. The summed E-state index contributed by atoms with van der Waals surface area (Å²) in [4.78, 5) is 15.0. The van der Waals surface area contributed by atoms with Crippen LogP contribution in [0, 0.1) is 0 Å². The first-order valence-corrected chi connectivity index (χ1v) is 7.47. The molecule has 0 aliphatic heterocycles. The molecule has 0 unspecified atom stereocenters. The molecule has 1 N–H and O–H groups in total. The lowest BCUT2D eigenvalue weighted by Gasteiger charge is -2.08. The zero-order chi connectivity index (χ0) is 14.7. The molecule has 108 valence electrons. The van der Waals surface area contributed by atoms with Crippen LogP contribution in [-0.4, -0.2) is 36.2 Å². The number of hydrogen-bond acceptors (Lipinski definition) is 4. The summed E-state index contributed by atoms with van der Waals surface area (Å²) in [5.41, 5.74) is 1.96. The summed E-state index contributed by atoms with van der Waals surface area (Å²) in [6.07, 6.45) is 6.35. The molecule has 2 aromatic heterocycles. The van der Waals surface area contributed by atoms with Crippen LogP contribution in [0.25, 0.3) is 5.69 Å². The molecule has 2 aromatic rings. The lowest BCUT2D eigenvalue weighted by molar-refractivity contribution is -0.133. The van der Waals surface area contributed by atoms with E-state index in [-0.39, 0.29) is 11.8 Å². The molecule has 0 saturated carbocycles. The van der Waals surface area contributed by atoms with E-state index < -0.39 is 5.97 Å². The number of carboxylic acid groups (broad SMARTS) is 1. The summed E-state index contributed by atoms with van der Waals surface area (Å²) in [5, 5.41) is 13.8. The number of aryl methyl sites for hydroxylation is 1. The van der Waals surface area contributed by atoms with Gasteiger partial charge in [0.25, 0.3) is 0 Å². The first-order valence-electron chi connectivity index (χ1n) is 6.48. The fourth-order valence-corrected chi connectivity index (χ4v) is 2.58. The molecule has 0 atom stereocenters. The van der Waals surface area contributed by atoms with Gasteiger partial charge in [-0.2, -0.15) is 5.10 Å². The van der Waals surface area contributed by atoms with E-state index in [0.29, 0.717) is 5.16 Å². The van der Waals surface area contributed by atoms with Crippen LogP contribution < -0.4 is 0 Å². The SMILES string of the molecule is CCc1cnc(SCC(=O)O)n1-c1cnn(C(C)C)c1. The third-order valence-corrected chi connectivity index (χ3v) is 3.80. The highest BCUT2D eigenvalue weighted by Crippen LogP contribution is 2.24. The molecule has 0 amide bonds. The van der Waals surface area contributed by atoms with Gasteiger partial charge in [-0.15, -0.1) is 0 Å². The summed E-state index contributed by atoms with van der Waals surface area (Å²) in [5.74, 6) is -0.848. The lowest BCUT2D eigenvalue weighted by Crippen LogP contribution is -2.04. The second-order valence-corrected chi connectivity index (χ2v) is 5.62. The van der Waals surface area contributed by atoms with Gasteiger partial charge < -0.3 is 5.11 Å². The van der Waals surface area contributed by atoms with Gasteiger partial charge in [-0.1, -0.05) is 18.7 Å². The molecule has 0 radical (unpaired) electrons. The Balaban J connectivity index is 2.36. The normalized spacial score (nSPS) is 11.2. The minimum absolute atomic E-state index is 0.00150. The quantitative estimate of drug-likeness (QED) is 0.828. The van der Waals surface area contributed by atoms with Crippen LogP contribution in [0.5, 0.6) is 0 Å². The first kappa shape index (κ1) is 14.6. The highest BCUT2D eigenvalue weighted by molar-refractivity contribution is 7.99. The van der Waals surface area contributed by atoms with Gasteiger partial charge in [0.15, 0.2) is 5.16 Å². The largest absolute Gasteiger partial charge is 0.481 e. The number of aliphatic carboxylic acids is 1. The average Bonchev–Trinajstić information content (AvgIpc) is 3.02. The number of carboxylic acids is 1. The number of aromatic nitrogens is 4. The highest BCUT2D eigenvalue weighted by atomic mass is 32.2. The van der Waals surface area contributed by atoms with Crippen LogP contribution in [0.3, 0.4) is 0 Å². The first-order chi connectivity index (χ1) is 9.52. The van der Waals surface area contributed by atoms with E-state index in [2.05, 4.69) is 23.9 Å². The van der Waals surface area contributed by atoms with Crippen molar-refractivity contribution in [1.29, 1.82) is 0 Å². The Bertz CT molecular complexity index is 603. The molecule has 0 aliphatic carbocycles. The van der Waals surface area contributed by atoms with Crippen LogP contribution in [0.2, 0.25) is 0 Å². The summed E-state index contributed by atoms with van der Waals surface area (Å²) < 4.78 is 3.85. The minimum Gasteiger partial charge on any atom is -0.481 e. The van der Waals surface area contributed by atoms with Crippen molar-refractivity contribution in [3.63, 3.8) is 0 Å². The fraction of sp³-hybridized carbons (Fsp3) is 0.462. The van der Waals surface area contributed by atoms with Gasteiger partial charge in [-0.3, -0.25) is 14.0 Å². The third-order valence-electron chi connectivity index (χ3n) is 2.86. The molecule has 7 heteroatoms. The monoisotopic (exact) mass is 294 g/mol. The van der Waals surface area contributed by atoms with Gasteiger partial charge >= 0.3 is 5.97 Å². The lowest BCUT2D eigenvalue weighted by atomic mass is 10.3. The Morgan fingerprint density at radius 1 is 1.45 bits per heavy atom. The topological polar surface area (TPSA) is 72.9 Å². The summed E-state index contributed by atoms with van der Waals surface area (Å²) in [6.45, 7) is 6.17. The molecular weight excluding hydrogens is 276 g/mol. The maximum atomic E-state index is 10.7. The summed E-state index contributed by atoms with van der Waals surface area (Å²) in [7, 11) is 0. The van der Waals surface area contributed by atoms with E-state index in [1.54, 1.807) is 12.4 Å². The van der Waals surface area contributed by atoms with Crippen molar-refractivity contribution in [2.24, 2.45) is 0 Å². The van der Waals surface area contributed by atoms with Crippen molar-refractivity contribution in [2.45, 2.75) is 38.4 Å². The second-order valence-electron chi connectivity index (χ2n) is 4.68. The number of hydrogen-bond donors (Lipinski definition) is 1. The molecular formula is C13H18N4O2S. The molecule has 6 nitrogen and oxygen atoms in total. The summed E-state index contributed by atoms with van der Waals surface area (Å²) >= 11 is 1.22. The molecule has 0 bridgehead atoms. The van der Waals surface area contributed by atoms with Gasteiger partial charge in [-0.05, 0) is 20.3 Å². The minimum atomic E-state index is -0.847. The van der Waals surface area contributed by atoms with Crippen molar-refractivity contribution >= 4 is 17.7 Å². The van der Waals surface area contributed by atoms with Crippen molar-refractivity contribution in [2.75, 3.05) is 5.75 Å². The van der Waals surface area contributed by atoms with Crippen molar-refractivity contribution < 1.29 is 9.90 Å². The van der Waals surface area contributed by atoms with E-state index in [0.717, 1.165) is 17.8 Å². The summed E-state index contributed by atoms with van der Waals surface area (Å²) in [6, 6.07) is 0.285. The second kappa shape index (κ2) is 6.13. The van der Waals surface area contributed by atoms with E-state index >= 15 is 0 Å². The number of rotatable bonds is 6. The van der Waals surface area contributed by atoms with Gasteiger partial charge in [0.05, 0.1) is 17.6 Å². The molecule has 0 fully saturated rings. The van der Waals surface area contributed by atoms with Crippen LogP contribution in [0.15, 0.2) is 23.7 Å². The molecule has 0 aliphatic rings. The van der Waals surface area contributed by atoms with Crippen LogP contribution in [0.4, 0.5) is 0 Å². The molecule has 2 heterocycles. The standard InChI is InChI=1S/C13H18N4O2S/c1-4-10-5-14-13(20-8-12(18)19)17(10)11-6-15-16(7-11)9(2)3/h5-7,9H,4,8H2,1-3H3,(H,18,19). The van der Waals surface area contributed by atoms with Crippen molar-refractivity contribution in [1.82, 2.24) is 19.3 Å². The predicted molar refractivity (Wildman–Crippen MR) is 77.5 cm³/mol. The van der Waals surface area contributed by atoms with Crippen LogP contribution in [-0.2, 0) is 11.2 Å². The Labute approximate surface area is 121 Å². The zero-order valence-corrected chi connectivity index (χ0v) is 12.6. The van der Waals surface area contributed by atoms with Crippen molar-refractivity contribution in [3.05, 3.63) is 24.3 Å². The highest BCUT2D eigenvalue weighted by Gasteiger charge is 2.14. The number of imidazole rings is 1.